The molecule has 0 aliphatic heterocycles. The van der Waals surface area contributed by atoms with Crippen LogP contribution in [0.2, 0.25) is 5.02 Å². The van der Waals surface area contributed by atoms with E-state index in [-0.39, 0.29) is 28.8 Å². The Balaban J connectivity index is 1.49. The van der Waals surface area contributed by atoms with E-state index < -0.39 is 12.1 Å². The van der Waals surface area contributed by atoms with Gasteiger partial charge in [0.15, 0.2) is 0 Å². The number of benzene rings is 3. The summed E-state index contributed by atoms with van der Waals surface area (Å²) >= 11 is 5.92. The van der Waals surface area contributed by atoms with Gasteiger partial charge in [0.1, 0.15) is 6.61 Å². The second-order valence-electron chi connectivity index (χ2n) is 6.48. The minimum Gasteiger partial charge on any atom is -0.478 e. The summed E-state index contributed by atoms with van der Waals surface area (Å²) in [6, 6.07) is 20.2. The van der Waals surface area contributed by atoms with Gasteiger partial charge in [-0.1, -0.05) is 60.1 Å². The number of amides is 1. The third kappa shape index (κ3) is 3.44. The van der Waals surface area contributed by atoms with E-state index in [1.807, 2.05) is 36.4 Å². The van der Waals surface area contributed by atoms with Crippen LogP contribution >= 0.6 is 11.6 Å². The Kier molecular flexibility index (Phi) is 4.75. The number of carboxylic acids is 1. The summed E-state index contributed by atoms with van der Waals surface area (Å²) in [6.45, 7) is 0.173. The lowest BCUT2D eigenvalue weighted by Crippen LogP contribution is -2.18. The fourth-order valence-electron chi connectivity index (χ4n) is 3.54. The van der Waals surface area contributed by atoms with Crippen LogP contribution in [0.1, 0.15) is 27.4 Å². The van der Waals surface area contributed by atoms with Crippen molar-refractivity contribution in [2.75, 3.05) is 11.9 Å². The molecule has 1 aliphatic carbocycles. The minimum atomic E-state index is -1.13. The smallest absolute Gasteiger partial charge is 0.411 e. The lowest BCUT2D eigenvalue weighted by molar-refractivity contribution is 0.0696. The predicted molar refractivity (Wildman–Crippen MR) is 107 cm³/mol. The van der Waals surface area contributed by atoms with Crippen molar-refractivity contribution in [1.82, 2.24) is 0 Å². The fraction of sp³-hybridized carbons (Fsp3) is 0.0909. The summed E-state index contributed by atoms with van der Waals surface area (Å²) in [4.78, 5) is 23.4. The zero-order chi connectivity index (χ0) is 19.7. The van der Waals surface area contributed by atoms with Crippen molar-refractivity contribution >= 4 is 29.4 Å². The lowest BCUT2D eigenvalue weighted by Gasteiger charge is -2.15. The molecule has 3 aromatic rings. The van der Waals surface area contributed by atoms with Gasteiger partial charge in [-0.3, -0.25) is 5.32 Å². The molecule has 0 aromatic heterocycles. The first-order valence-electron chi connectivity index (χ1n) is 8.69. The number of hydrogen-bond acceptors (Lipinski definition) is 3. The summed E-state index contributed by atoms with van der Waals surface area (Å²) in [5.74, 6) is -1.18. The first kappa shape index (κ1) is 18.1. The van der Waals surface area contributed by atoms with E-state index in [1.54, 1.807) is 0 Å². The Morgan fingerprint density at radius 1 is 0.964 bits per heavy atom. The van der Waals surface area contributed by atoms with E-state index in [1.165, 1.54) is 18.2 Å². The number of anilines is 1. The second kappa shape index (κ2) is 7.37. The van der Waals surface area contributed by atoms with Crippen LogP contribution in [0.3, 0.4) is 0 Å². The van der Waals surface area contributed by atoms with E-state index in [2.05, 4.69) is 17.4 Å². The number of carbonyl (C=O) groups excluding carboxylic acids is 1. The molecule has 0 unspecified atom stereocenters. The molecule has 1 amide bonds. The highest BCUT2D eigenvalue weighted by Crippen LogP contribution is 2.44. The number of halogens is 1. The van der Waals surface area contributed by atoms with Crippen LogP contribution < -0.4 is 5.32 Å². The minimum absolute atomic E-state index is 0.0125. The lowest BCUT2D eigenvalue weighted by atomic mass is 9.98. The number of carboxylic acid groups (broad SMARTS) is 1. The van der Waals surface area contributed by atoms with Gasteiger partial charge in [0, 0.05) is 16.6 Å². The van der Waals surface area contributed by atoms with E-state index in [0.717, 1.165) is 22.3 Å². The highest BCUT2D eigenvalue weighted by Gasteiger charge is 2.29. The zero-order valence-electron chi connectivity index (χ0n) is 14.7. The fourth-order valence-corrected chi connectivity index (χ4v) is 3.77. The molecule has 0 saturated carbocycles. The molecule has 0 spiro atoms. The van der Waals surface area contributed by atoms with Gasteiger partial charge in [-0.05, 0) is 40.5 Å². The normalized spacial score (nSPS) is 12.2. The molecule has 0 atom stereocenters. The molecule has 0 bridgehead atoms. The summed E-state index contributed by atoms with van der Waals surface area (Å²) < 4.78 is 5.44. The van der Waals surface area contributed by atoms with Gasteiger partial charge in [-0.2, -0.15) is 0 Å². The van der Waals surface area contributed by atoms with Crippen molar-refractivity contribution in [3.63, 3.8) is 0 Å². The molecule has 1 aliphatic rings. The van der Waals surface area contributed by atoms with Crippen molar-refractivity contribution < 1.29 is 19.4 Å². The molecule has 0 heterocycles. The molecular weight excluding hydrogens is 378 g/mol. The van der Waals surface area contributed by atoms with E-state index >= 15 is 0 Å². The Hall–Kier alpha value is -3.31. The number of carbonyl (C=O) groups is 2. The highest BCUT2D eigenvalue weighted by atomic mass is 35.5. The quantitative estimate of drug-likeness (QED) is 0.622. The molecule has 140 valence electrons. The molecule has 6 heteroatoms. The largest absolute Gasteiger partial charge is 0.478 e. The maximum atomic E-state index is 12.3. The number of rotatable bonds is 4. The van der Waals surface area contributed by atoms with Gasteiger partial charge in [-0.25, -0.2) is 9.59 Å². The first-order valence-corrected chi connectivity index (χ1v) is 9.06. The molecule has 0 fully saturated rings. The zero-order valence-corrected chi connectivity index (χ0v) is 15.4. The number of nitrogens with one attached hydrogen (secondary N) is 1. The maximum Gasteiger partial charge on any atom is 0.411 e. The SMILES string of the molecule is O=C(Nc1cc(Cl)cc(C(=O)O)c1)OCC1c2ccccc2-c2ccccc21. The Bertz CT molecular complexity index is 1030. The van der Waals surface area contributed by atoms with Gasteiger partial charge in [0.25, 0.3) is 0 Å². The first-order chi connectivity index (χ1) is 13.5. The van der Waals surface area contributed by atoms with Crippen LogP contribution in [0.5, 0.6) is 0 Å². The van der Waals surface area contributed by atoms with Crippen LogP contribution in [-0.2, 0) is 4.74 Å². The van der Waals surface area contributed by atoms with Crippen molar-refractivity contribution in [2.24, 2.45) is 0 Å². The predicted octanol–water partition coefficient (Wildman–Crippen LogP) is 5.40. The van der Waals surface area contributed by atoms with Crippen molar-refractivity contribution in [3.8, 4) is 11.1 Å². The maximum absolute atomic E-state index is 12.3. The van der Waals surface area contributed by atoms with Gasteiger partial charge in [0.05, 0.1) is 5.56 Å². The van der Waals surface area contributed by atoms with Gasteiger partial charge < -0.3 is 9.84 Å². The third-order valence-electron chi connectivity index (χ3n) is 4.73. The molecule has 28 heavy (non-hydrogen) atoms. The molecule has 0 saturated heterocycles. The average Bonchev–Trinajstić information content (AvgIpc) is 3.00. The number of aromatic carboxylic acids is 1. The van der Waals surface area contributed by atoms with Crippen molar-refractivity contribution in [1.29, 1.82) is 0 Å². The van der Waals surface area contributed by atoms with Crippen molar-refractivity contribution in [2.45, 2.75) is 5.92 Å². The van der Waals surface area contributed by atoms with Crippen LogP contribution in [-0.4, -0.2) is 23.8 Å². The Labute approximate surface area is 166 Å². The molecule has 3 aromatic carbocycles. The van der Waals surface area contributed by atoms with Gasteiger partial charge in [-0.15, -0.1) is 0 Å². The summed E-state index contributed by atoms with van der Waals surface area (Å²) in [7, 11) is 0. The number of fused-ring (bicyclic) bond motifs is 3. The average molecular weight is 394 g/mol. The van der Waals surface area contributed by atoms with E-state index in [9.17, 15) is 9.59 Å². The van der Waals surface area contributed by atoms with E-state index in [0.29, 0.717) is 0 Å². The molecule has 0 radical (unpaired) electrons. The Morgan fingerprint density at radius 2 is 1.57 bits per heavy atom. The summed E-state index contributed by atoms with van der Waals surface area (Å²) in [5, 5.41) is 11.9. The molecular formula is C22H16ClNO4. The van der Waals surface area contributed by atoms with Crippen molar-refractivity contribution in [3.05, 3.63) is 88.4 Å². The molecule has 5 nitrogen and oxygen atoms in total. The Morgan fingerprint density at radius 3 is 2.18 bits per heavy atom. The van der Waals surface area contributed by atoms with Crippen LogP contribution in [0.25, 0.3) is 11.1 Å². The standard InChI is InChI=1S/C22H16ClNO4/c23-14-9-13(21(25)26)10-15(11-14)24-22(27)28-12-20-18-7-3-1-5-16(18)17-6-2-4-8-19(17)20/h1-11,20H,12H2,(H,24,27)(H,25,26). The van der Waals surface area contributed by atoms with Crippen LogP contribution in [0, 0.1) is 0 Å². The molecule has 4 rings (SSSR count). The van der Waals surface area contributed by atoms with Gasteiger partial charge in [0.2, 0.25) is 0 Å². The topological polar surface area (TPSA) is 75.6 Å². The second-order valence-corrected chi connectivity index (χ2v) is 6.92. The number of hydrogen-bond donors (Lipinski definition) is 2. The third-order valence-corrected chi connectivity index (χ3v) is 4.95. The molecule has 2 N–H and O–H groups in total. The number of ether oxygens (including phenoxy) is 1. The van der Waals surface area contributed by atoms with Gasteiger partial charge >= 0.3 is 12.1 Å². The van der Waals surface area contributed by atoms with E-state index in [4.69, 9.17) is 21.4 Å². The van der Waals surface area contributed by atoms with Crippen LogP contribution in [0.15, 0.2) is 66.7 Å². The monoisotopic (exact) mass is 393 g/mol. The van der Waals surface area contributed by atoms with Crippen LogP contribution in [0.4, 0.5) is 10.5 Å². The highest BCUT2D eigenvalue weighted by molar-refractivity contribution is 6.31. The summed E-state index contributed by atoms with van der Waals surface area (Å²) in [6.07, 6.45) is -0.666. The summed E-state index contributed by atoms with van der Waals surface area (Å²) in [5.41, 5.74) is 4.78.